The van der Waals surface area contributed by atoms with Crippen molar-refractivity contribution in [1.29, 1.82) is 5.26 Å². The average Bonchev–Trinajstić information content (AvgIpc) is 3.19. The van der Waals surface area contributed by atoms with E-state index in [-0.39, 0.29) is 17.1 Å². The number of anilines is 1. The first-order valence-corrected chi connectivity index (χ1v) is 8.58. The van der Waals surface area contributed by atoms with E-state index in [4.69, 9.17) is 5.73 Å². The Labute approximate surface area is 169 Å². The number of hydrogen-bond donors (Lipinski definition) is 1. The van der Waals surface area contributed by atoms with Crippen molar-refractivity contribution in [3.05, 3.63) is 76.5 Å². The van der Waals surface area contributed by atoms with Crippen molar-refractivity contribution in [2.75, 3.05) is 5.73 Å². The van der Waals surface area contributed by atoms with Crippen LogP contribution in [0.25, 0.3) is 28.1 Å². The standard InChI is InChI=1S/C20H12N6O4/c21-10-17-16(12-1-7-15(8-2-12)26(28)29)9-18(23-20(17)22)13-3-5-14(6-4-13)25-11-19(27)30-24-25/h1-9,11H,(H2-,22,23,24,27). The van der Waals surface area contributed by atoms with E-state index in [1.54, 1.807) is 42.5 Å². The van der Waals surface area contributed by atoms with E-state index in [0.29, 0.717) is 28.1 Å². The molecule has 2 aromatic heterocycles. The number of aromatic nitrogens is 3. The van der Waals surface area contributed by atoms with Gasteiger partial charge in [0.05, 0.1) is 15.9 Å². The van der Waals surface area contributed by atoms with Crippen LogP contribution in [0.15, 0.2) is 65.3 Å². The quantitative estimate of drug-likeness (QED) is 0.310. The molecule has 0 radical (unpaired) electrons. The molecule has 2 aromatic carbocycles. The fourth-order valence-corrected chi connectivity index (χ4v) is 2.96. The van der Waals surface area contributed by atoms with Gasteiger partial charge in [0.2, 0.25) is 11.9 Å². The third-order valence-corrected chi connectivity index (χ3v) is 4.42. The van der Waals surface area contributed by atoms with Gasteiger partial charge in [-0.05, 0) is 40.6 Å². The molecule has 0 aliphatic rings. The van der Waals surface area contributed by atoms with E-state index in [1.807, 2.05) is 6.07 Å². The third kappa shape index (κ3) is 3.38. The lowest BCUT2D eigenvalue weighted by molar-refractivity contribution is -0.670. The summed E-state index contributed by atoms with van der Waals surface area (Å²) in [6, 6.07) is 16.5. The predicted octanol–water partition coefficient (Wildman–Crippen LogP) is 2.12. The second-order valence-electron chi connectivity index (χ2n) is 6.24. The van der Waals surface area contributed by atoms with Gasteiger partial charge in [-0.15, -0.1) is 0 Å². The smallest absolute Gasteiger partial charge is 0.269 e. The van der Waals surface area contributed by atoms with Crippen molar-refractivity contribution >= 4 is 11.5 Å². The number of nitrogens with two attached hydrogens (primary N) is 1. The number of nitrogen functional groups attached to an aromatic ring is 1. The second kappa shape index (κ2) is 7.33. The summed E-state index contributed by atoms with van der Waals surface area (Å²) < 4.78 is 5.82. The number of nitrogens with zero attached hydrogens (tertiary/aromatic N) is 5. The van der Waals surface area contributed by atoms with Gasteiger partial charge in [0.15, 0.2) is 0 Å². The Morgan fingerprint density at radius 3 is 2.33 bits per heavy atom. The minimum absolute atomic E-state index is 0.0503. The summed E-state index contributed by atoms with van der Waals surface area (Å²) >= 11 is 0. The minimum Gasteiger partial charge on any atom is -0.539 e. The van der Waals surface area contributed by atoms with Crippen LogP contribution in [-0.2, 0) is 0 Å². The number of non-ortho nitro benzene ring substituents is 1. The SMILES string of the molecule is N#Cc1c(-c2ccc([N+](=O)[O-])cc2)cc(-c2ccc(-[n+]3cc([O-])on3)cc2)nc1N. The van der Waals surface area contributed by atoms with Crippen molar-refractivity contribution < 1.29 is 19.2 Å². The second-order valence-corrected chi connectivity index (χ2v) is 6.24. The molecule has 4 aromatic rings. The van der Waals surface area contributed by atoms with Gasteiger partial charge in [0.1, 0.15) is 23.4 Å². The molecule has 0 amide bonds. The molecule has 10 heteroatoms. The van der Waals surface area contributed by atoms with E-state index >= 15 is 0 Å². The number of nitro groups is 1. The van der Waals surface area contributed by atoms with Gasteiger partial charge in [0.25, 0.3) is 5.69 Å². The minimum atomic E-state index is -0.562. The Morgan fingerprint density at radius 2 is 1.77 bits per heavy atom. The van der Waals surface area contributed by atoms with Gasteiger partial charge in [-0.3, -0.25) is 10.1 Å². The first-order chi connectivity index (χ1) is 14.5. The summed E-state index contributed by atoms with van der Waals surface area (Å²) in [7, 11) is 0. The first kappa shape index (κ1) is 18.6. The molecule has 10 nitrogen and oxygen atoms in total. The van der Waals surface area contributed by atoms with Crippen LogP contribution in [0.1, 0.15) is 5.56 Å². The van der Waals surface area contributed by atoms with E-state index in [9.17, 15) is 20.5 Å². The van der Waals surface area contributed by atoms with E-state index in [0.717, 1.165) is 0 Å². The summed E-state index contributed by atoms with van der Waals surface area (Å²) in [4.78, 5) is 14.7. The van der Waals surface area contributed by atoms with Crippen molar-refractivity contribution in [1.82, 2.24) is 10.3 Å². The van der Waals surface area contributed by atoms with Gasteiger partial charge >= 0.3 is 0 Å². The highest BCUT2D eigenvalue weighted by molar-refractivity contribution is 5.80. The van der Waals surface area contributed by atoms with Crippen molar-refractivity contribution in [3.63, 3.8) is 0 Å². The summed E-state index contributed by atoms with van der Waals surface area (Å²) in [5, 5.41) is 35.1. The molecule has 0 spiro atoms. The average molecular weight is 400 g/mol. The third-order valence-electron chi connectivity index (χ3n) is 4.42. The van der Waals surface area contributed by atoms with E-state index < -0.39 is 10.9 Å². The zero-order chi connectivity index (χ0) is 21.3. The number of pyridine rings is 1. The highest BCUT2D eigenvalue weighted by Crippen LogP contribution is 2.32. The lowest BCUT2D eigenvalue weighted by atomic mass is 9.98. The van der Waals surface area contributed by atoms with Gasteiger partial charge in [-0.1, -0.05) is 0 Å². The summed E-state index contributed by atoms with van der Waals surface area (Å²) in [5.74, 6) is -0.511. The molecule has 0 atom stereocenters. The maximum absolute atomic E-state index is 11.1. The molecule has 30 heavy (non-hydrogen) atoms. The Kier molecular flexibility index (Phi) is 4.54. The molecule has 0 aliphatic carbocycles. The van der Waals surface area contributed by atoms with E-state index in [2.05, 4.69) is 14.8 Å². The van der Waals surface area contributed by atoms with Gasteiger partial charge < -0.3 is 15.4 Å². The maximum Gasteiger partial charge on any atom is 0.269 e. The number of rotatable bonds is 4. The Balaban J connectivity index is 1.76. The van der Waals surface area contributed by atoms with E-state index in [1.165, 1.54) is 23.0 Å². The fourth-order valence-electron chi connectivity index (χ4n) is 2.96. The first-order valence-electron chi connectivity index (χ1n) is 8.58. The molecule has 0 saturated heterocycles. The summed E-state index contributed by atoms with van der Waals surface area (Å²) in [6.45, 7) is 0. The van der Waals surface area contributed by atoms with Crippen LogP contribution < -0.4 is 15.5 Å². The maximum atomic E-state index is 11.1. The largest absolute Gasteiger partial charge is 0.539 e. The molecule has 4 rings (SSSR count). The normalized spacial score (nSPS) is 10.5. The Bertz CT molecular complexity index is 1290. The highest BCUT2D eigenvalue weighted by atomic mass is 16.6. The number of nitriles is 1. The van der Waals surface area contributed by atoms with Crippen LogP contribution in [0.5, 0.6) is 5.95 Å². The molecule has 0 fully saturated rings. The molecule has 2 N–H and O–H groups in total. The zero-order valence-corrected chi connectivity index (χ0v) is 15.2. The molecule has 0 unspecified atom stereocenters. The van der Waals surface area contributed by atoms with Crippen LogP contribution in [0.4, 0.5) is 11.5 Å². The van der Waals surface area contributed by atoms with Gasteiger partial charge in [-0.25, -0.2) is 4.98 Å². The predicted molar refractivity (Wildman–Crippen MR) is 102 cm³/mol. The van der Waals surface area contributed by atoms with Crippen LogP contribution in [0.2, 0.25) is 0 Å². The molecule has 0 aliphatic heterocycles. The summed E-state index contributed by atoms with van der Waals surface area (Å²) in [5.41, 5.74) is 9.09. The molecule has 2 heterocycles. The lowest BCUT2D eigenvalue weighted by Gasteiger charge is -2.10. The molecule has 146 valence electrons. The number of hydrogen-bond acceptors (Lipinski definition) is 8. The van der Waals surface area contributed by atoms with Gasteiger partial charge in [0, 0.05) is 35.4 Å². The Morgan fingerprint density at radius 1 is 1.10 bits per heavy atom. The molecular weight excluding hydrogens is 388 g/mol. The lowest BCUT2D eigenvalue weighted by Crippen LogP contribution is -2.31. The van der Waals surface area contributed by atoms with Crippen LogP contribution in [0, 0.1) is 21.4 Å². The zero-order valence-electron chi connectivity index (χ0n) is 15.2. The number of nitro benzene ring substituents is 1. The van der Waals surface area contributed by atoms with Crippen molar-refractivity contribution in [2.24, 2.45) is 0 Å². The monoisotopic (exact) mass is 400 g/mol. The van der Waals surface area contributed by atoms with Gasteiger partial charge in [-0.2, -0.15) is 5.26 Å². The summed E-state index contributed by atoms with van der Waals surface area (Å²) in [6.07, 6.45) is 1.21. The molecular formula is C20H12N6O4. The molecule has 0 saturated carbocycles. The highest BCUT2D eigenvalue weighted by Gasteiger charge is 2.16. The number of benzene rings is 2. The fraction of sp³-hybridized carbons (Fsp3) is 0. The van der Waals surface area contributed by atoms with Crippen LogP contribution in [0.3, 0.4) is 0 Å². The van der Waals surface area contributed by atoms with Crippen LogP contribution in [-0.4, -0.2) is 15.2 Å². The van der Waals surface area contributed by atoms with Crippen LogP contribution >= 0.6 is 0 Å². The Hall–Kier alpha value is -4.78. The van der Waals surface area contributed by atoms with Crippen molar-refractivity contribution in [3.8, 4) is 40.1 Å². The van der Waals surface area contributed by atoms with Crippen molar-refractivity contribution in [2.45, 2.75) is 0 Å². The molecule has 0 bridgehead atoms. The topological polar surface area (TPSA) is 159 Å².